The summed E-state index contributed by atoms with van der Waals surface area (Å²) in [5.74, 6) is -2.36. The molecule has 0 fully saturated rings. The number of rotatable bonds is 1. The Hall–Kier alpha value is -1.79. The second kappa shape index (κ2) is 3.76. The van der Waals surface area contributed by atoms with Gasteiger partial charge in [-0.2, -0.15) is 13.2 Å². The van der Waals surface area contributed by atoms with Gasteiger partial charge in [0.05, 0.1) is 6.21 Å². The molecule has 0 atom stereocenters. The topological polar surface area (TPSA) is 52.8 Å². The molecule has 1 aromatic carbocycles. The molecule has 0 spiro atoms. The van der Waals surface area contributed by atoms with Gasteiger partial charge in [-0.25, -0.2) is 4.39 Å². The molecule has 82 valence electrons. The fourth-order valence-corrected chi connectivity index (χ4v) is 0.997. The molecule has 0 radical (unpaired) electrons. The van der Waals surface area contributed by atoms with Crippen molar-refractivity contribution in [2.75, 3.05) is 0 Å². The Kier molecular flexibility index (Phi) is 2.83. The average molecular weight is 223 g/mol. The van der Waals surface area contributed by atoms with E-state index >= 15 is 0 Å². The summed E-state index contributed by atoms with van der Waals surface area (Å²) in [7, 11) is 0. The maximum atomic E-state index is 12.7. The normalized spacial score (nSPS) is 12.3. The largest absolute Gasteiger partial charge is 0.507 e. The van der Waals surface area contributed by atoms with Crippen molar-refractivity contribution in [3.05, 3.63) is 29.1 Å². The molecule has 1 aromatic rings. The fourth-order valence-electron chi connectivity index (χ4n) is 0.997. The highest BCUT2D eigenvalue weighted by Gasteiger charge is 2.35. The minimum Gasteiger partial charge on any atom is -0.507 e. The molecule has 7 heteroatoms. The second-order valence-electron chi connectivity index (χ2n) is 2.63. The third-order valence-corrected chi connectivity index (χ3v) is 1.61. The number of phenolic OH excluding ortho intramolecular Hbond substituents is 1. The highest BCUT2D eigenvalue weighted by molar-refractivity contribution is 5.83. The van der Waals surface area contributed by atoms with Crippen molar-refractivity contribution in [1.82, 2.24) is 0 Å². The van der Waals surface area contributed by atoms with Gasteiger partial charge in [0, 0.05) is 5.56 Å². The predicted molar refractivity (Wildman–Crippen MR) is 42.4 cm³/mol. The van der Waals surface area contributed by atoms with Crippen molar-refractivity contribution < 1.29 is 27.9 Å². The number of nitrogens with zero attached hydrogens (tertiary/aromatic N) is 1. The standard InChI is InChI=1S/C8H5F4NO2/c9-5-1-4(3-13-15)7(14)6(2-5)8(10,11)12/h1-3,14-15H/b13-3+. The zero-order valence-corrected chi connectivity index (χ0v) is 7.09. The molecule has 0 aliphatic heterocycles. The van der Waals surface area contributed by atoms with Gasteiger partial charge in [-0.05, 0) is 12.1 Å². The van der Waals surface area contributed by atoms with E-state index in [-0.39, 0.29) is 6.07 Å². The molecular weight excluding hydrogens is 218 g/mol. The molecule has 0 amide bonds. The Morgan fingerprint density at radius 1 is 1.27 bits per heavy atom. The molecule has 2 N–H and O–H groups in total. The van der Waals surface area contributed by atoms with Gasteiger partial charge in [0.1, 0.15) is 17.1 Å². The van der Waals surface area contributed by atoms with Crippen LogP contribution in [0, 0.1) is 5.82 Å². The molecule has 0 bridgehead atoms. The smallest absolute Gasteiger partial charge is 0.420 e. The number of aromatic hydroxyl groups is 1. The number of hydrogen-bond acceptors (Lipinski definition) is 3. The summed E-state index contributed by atoms with van der Waals surface area (Å²) in [6, 6.07) is 0.772. The maximum Gasteiger partial charge on any atom is 0.420 e. The quantitative estimate of drug-likeness (QED) is 0.332. The summed E-state index contributed by atoms with van der Waals surface area (Å²) >= 11 is 0. The first-order valence-corrected chi connectivity index (χ1v) is 3.63. The summed E-state index contributed by atoms with van der Waals surface area (Å²) in [5, 5.41) is 19.6. The van der Waals surface area contributed by atoms with Gasteiger partial charge < -0.3 is 10.3 Å². The lowest BCUT2D eigenvalue weighted by atomic mass is 10.1. The molecule has 15 heavy (non-hydrogen) atoms. The van der Waals surface area contributed by atoms with Gasteiger partial charge in [-0.15, -0.1) is 0 Å². The molecule has 0 saturated carbocycles. The maximum absolute atomic E-state index is 12.7. The van der Waals surface area contributed by atoms with Crippen LogP contribution in [0.2, 0.25) is 0 Å². The Labute approximate surface area is 81.3 Å². The highest BCUT2D eigenvalue weighted by Crippen LogP contribution is 2.37. The van der Waals surface area contributed by atoms with E-state index in [9.17, 15) is 17.6 Å². The summed E-state index contributed by atoms with van der Waals surface area (Å²) < 4.78 is 49.4. The molecule has 0 heterocycles. The van der Waals surface area contributed by atoms with Crippen LogP contribution in [-0.2, 0) is 6.18 Å². The molecule has 3 nitrogen and oxygen atoms in total. The highest BCUT2D eigenvalue weighted by atomic mass is 19.4. The van der Waals surface area contributed by atoms with Crippen LogP contribution in [0.5, 0.6) is 5.75 Å². The van der Waals surface area contributed by atoms with E-state index in [1.54, 1.807) is 0 Å². The van der Waals surface area contributed by atoms with E-state index in [0.29, 0.717) is 12.3 Å². The first-order chi connectivity index (χ1) is 6.86. The van der Waals surface area contributed by atoms with Crippen LogP contribution in [-0.4, -0.2) is 16.5 Å². The first kappa shape index (κ1) is 11.3. The van der Waals surface area contributed by atoms with Crippen molar-refractivity contribution in [3.63, 3.8) is 0 Å². The molecule has 0 saturated heterocycles. The van der Waals surface area contributed by atoms with Crippen LogP contribution in [0.25, 0.3) is 0 Å². The molecular formula is C8H5F4NO2. The number of alkyl halides is 3. The van der Waals surface area contributed by atoms with E-state index in [1.165, 1.54) is 0 Å². The van der Waals surface area contributed by atoms with Crippen LogP contribution in [0.15, 0.2) is 17.3 Å². The third-order valence-electron chi connectivity index (χ3n) is 1.61. The molecule has 0 unspecified atom stereocenters. The van der Waals surface area contributed by atoms with Crippen molar-refractivity contribution in [2.45, 2.75) is 6.18 Å². The minimum absolute atomic E-state index is 0.157. The summed E-state index contributed by atoms with van der Waals surface area (Å²) in [5.41, 5.74) is -2.07. The zero-order valence-electron chi connectivity index (χ0n) is 7.09. The zero-order chi connectivity index (χ0) is 11.6. The molecule has 0 aliphatic carbocycles. The van der Waals surface area contributed by atoms with Gasteiger partial charge in [0.2, 0.25) is 0 Å². The Bertz CT molecular complexity index is 400. The van der Waals surface area contributed by atoms with Crippen LogP contribution in [0.4, 0.5) is 17.6 Å². The van der Waals surface area contributed by atoms with E-state index in [2.05, 4.69) is 5.16 Å². The van der Waals surface area contributed by atoms with E-state index in [4.69, 9.17) is 10.3 Å². The summed E-state index contributed by atoms with van der Waals surface area (Å²) in [4.78, 5) is 0. The van der Waals surface area contributed by atoms with Crippen LogP contribution in [0.1, 0.15) is 11.1 Å². The minimum atomic E-state index is -4.87. The summed E-state index contributed by atoms with van der Waals surface area (Å²) in [6.07, 6.45) is -4.36. The van der Waals surface area contributed by atoms with Gasteiger partial charge >= 0.3 is 6.18 Å². The van der Waals surface area contributed by atoms with Crippen molar-refractivity contribution in [1.29, 1.82) is 0 Å². The lowest BCUT2D eigenvalue weighted by molar-refractivity contribution is -0.139. The predicted octanol–water partition coefficient (Wildman–Crippen LogP) is 2.36. The van der Waals surface area contributed by atoms with Crippen LogP contribution < -0.4 is 0 Å². The SMILES string of the molecule is O/N=C/c1cc(F)cc(C(F)(F)F)c1O. The lowest BCUT2D eigenvalue weighted by Crippen LogP contribution is -2.07. The number of benzene rings is 1. The molecule has 0 aliphatic rings. The average Bonchev–Trinajstić information content (AvgIpc) is 2.09. The third kappa shape index (κ3) is 2.36. The molecule has 0 aromatic heterocycles. The Morgan fingerprint density at radius 3 is 2.33 bits per heavy atom. The number of halogens is 4. The number of oxime groups is 1. The lowest BCUT2D eigenvalue weighted by Gasteiger charge is -2.10. The second-order valence-corrected chi connectivity index (χ2v) is 2.63. The van der Waals surface area contributed by atoms with Gasteiger partial charge in [-0.1, -0.05) is 5.16 Å². The number of hydrogen-bond donors (Lipinski definition) is 2. The van der Waals surface area contributed by atoms with Gasteiger partial charge in [-0.3, -0.25) is 0 Å². The van der Waals surface area contributed by atoms with Crippen LogP contribution in [0.3, 0.4) is 0 Å². The monoisotopic (exact) mass is 223 g/mol. The molecule has 1 rings (SSSR count). The van der Waals surface area contributed by atoms with E-state index in [0.717, 1.165) is 0 Å². The van der Waals surface area contributed by atoms with E-state index < -0.39 is 28.9 Å². The van der Waals surface area contributed by atoms with Gasteiger partial charge in [0.25, 0.3) is 0 Å². The first-order valence-electron chi connectivity index (χ1n) is 3.63. The van der Waals surface area contributed by atoms with Crippen molar-refractivity contribution >= 4 is 6.21 Å². The number of phenols is 1. The van der Waals surface area contributed by atoms with Crippen LogP contribution >= 0.6 is 0 Å². The van der Waals surface area contributed by atoms with E-state index in [1.807, 2.05) is 0 Å². The van der Waals surface area contributed by atoms with Gasteiger partial charge in [0.15, 0.2) is 0 Å². The Balaban J connectivity index is 3.41. The Morgan fingerprint density at radius 2 is 1.87 bits per heavy atom. The van der Waals surface area contributed by atoms with Crippen molar-refractivity contribution in [2.24, 2.45) is 5.16 Å². The fraction of sp³-hybridized carbons (Fsp3) is 0.125. The van der Waals surface area contributed by atoms with Crippen molar-refractivity contribution in [3.8, 4) is 5.75 Å². The summed E-state index contributed by atoms with van der Waals surface area (Å²) in [6.45, 7) is 0.